The molecule has 10 nitrogen and oxygen atoms in total. The van der Waals surface area contributed by atoms with Gasteiger partial charge in [-0.1, -0.05) is 30.1 Å². The minimum absolute atomic E-state index is 0.0563. The van der Waals surface area contributed by atoms with Crippen LogP contribution in [0.2, 0.25) is 10.0 Å². The third-order valence-electron chi connectivity index (χ3n) is 4.92. The number of benzene rings is 1. The SMILES string of the molecule is CC(c1cc(Oc2c(Cl)cc(-n3nc(N)c(=O)[nH]c3=O)cc2Cl)n[nH]c1=O)C1CC1. The number of rotatable bonds is 5. The van der Waals surface area contributed by atoms with Crippen LogP contribution in [-0.2, 0) is 0 Å². The Morgan fingerprint density at radius 3 is 2.47 bits per heavy atom. The van der Waals surface area contributed by atoms with Crippen molar-refractivity contribution >= 4 is 29.0 Å². The number of nitrogen functional groups attached to an aromatic ring is 1. The van der Waals surface area contributed by atoms with Crippen molar-refractivity contribution < 1.29 is 4.74 Å². The van der Waals surface area contributed by atoms with E-state index < -0.39 is 17.1 Å². The van der Waals surface area contributed by atoms with Gasteiger partial charge >= 0.3 is 5.69 Å². The first-order valence-corrected chi connectivity index (χ1v) is 9.76. The molecular formula is C18H16Cl2N6O4. The summed E-state index contributed by atoms with van der Waals surface area (Å²) in [6.07, 6.45) is 2.17. The van der Waals surface area contributed by atoms with Gasteiger partial charge in [0, 0.05) is 11.6 Å². The predicted octanol–water partition coefficient (Wildman–Crippen LogP) is 2.20. The van der Waals surface area contributed by atoms with Crippen molar-refractivity contribution in [2.75, 3.05) is 5.73 Å². The second kappa shape index (κ2) is 7.62. The Balaban J connectivity index is 1.69. The number of nitrogens with one attached hydrogen (secondary N) is 2. The van der Waals surface area contributed by atoms with Gasteiger partial charge in [0.05, 0.1) is 15.7 Å². The van der Waals surface area contributed by atoms with Gasteiger partial charge in [0.15, 0.2) is 5.75 Å². The topological polar surface area (TPSA) is 149 Å². The van der Waals surface area contributed by atoms with Crippen molar-refractivity contribution in [1.29, 1.82) is 0 Å². The van der Waals surface area contributed by atoms with Crippen LogP contribution in [0.3, 0.4) is 0 Å². The van der Waals surface area contributed by atoms with E-state index in [0.29, 0.717) is 11.5 Å². The molecule has 4 N–H and O–H groups in total. The van der Waals surface area contributed by atoms with E-state index in [9.17, 15) is 14.4 Å². The first-order valence-electron chi connectivity index (χ1n) is 9.00. The third-order valence-corrected chi connectivity index (χ3v) is 5.48. The lowest BCUT2D eigenvalue weighted by Crippen LogP contribution is -2.33. The average Bonchev–Trinajstić information content (AvgIpc) is 3.53. The van der Waals surface area contributed by atoms with Crippen molar-refractivity contribution in [2.45, 2.75) is 25.7 Å². The minimum Gasteiger partial charge on any atom is -0.434 e. The summed E-state index contributed by atoms with van der Waals surface area (Å²) in [5.41, 5.74) is 4.34. The van der Waals surface area contributed by atoms with E-state index in [2.05, 4.69) is 15.3 Å². The van der Waals surface area contributed by atoms with Gasteiger partial charge in [-0.05, 0) is 36.8 Å². The lowest BCUT2D eigenvalue weighted by atomic mass is 9.98. The molecule has 2 heterocycles. The molecule has 1 saturated carbocycles. The molecule has 0 spiro atoms. The second-order valence-corrected chi connectivity index (χ2v) is 7.83. The van der Waals surface area contributed by atoms with Gasteiger partial charge < -0.3 is 10.5 Å². The summed E-state index contributed by atoms with van der Waals surface area (Å²) in [5.74, 6) is 0.366. The van der Waals surface area contributed by atoms with Crippen LogP contribution in [0, 0.1) is 5.92 Å². The van der Waals surface area contributed by atoms with E-state index >= 15 is 0 Å². The van der Waals surface area contributed by atoms with Gasteiger partial charge in [-0.3, -0.25) is 14.6 Å². The number of aromatic amines is 2. The van der Waals surface area contributed by atoms with E-state index in [1.807, 2.05) is 11.9 Å². The molecule has 1 fully saturated rings. The highest BCUT2D eigenvalue weighted by atomic mass is 35.5. The largest absolute Gasteiger partial charge is 0.434 e. The van der Waals surface area contributed by atoms with Gasteiger partial charge in [0.25, 0.3) is 11.1 Å². The molecule has 0 saturated heterocycles. The molecule has 0 aliphatic heterocycles. The fourth-order valence-electron chi connectivity index (χ4n) is 3.10. The normalized spacial score (nSPS) is 14.5. The molecule has 3 aromatic rings. The van der Waals surface area contributed by atoms with Gasteiger partial charge in [-0.2, -0.15) is 4.68 Å². The molecule has 12 heteroatoms. The van der Waals surface area contributed by atoms with E-state index in [1.54, 1.807) is 6.07 Å². The molecule has 30 heavy (non-hydrogen) atoms. The van der Waals surface area contributed by atoms with Crippen LogP contribution in [0.1, 0.15) is 31.2 Å². The maximum absolute atomic E-state index is 12.1. The van der Waals surface area contributed by atoms with Gasteiger partial charge in [-0.15, -0.1) is 10.2 Å². The van der Waals surface area contributed by atoms with Crippen LogP contribution in [0.5, 0.6) is 11.6 Å². The van der Waals surface area contributed by atoms with E-state index in [0.717, 1.165) is 17.5 Å². The van der Waals surface area contributed by atoms with Crippen LogP contribution in [0.15, 0.2) is 32.6 Å². The van der Waals surface area contributed by atoms with Gasteiger partial charge in [0.2, 0.25) is 11.7 Å². The molecular weight excluding hydrogens is 435 g/mol. The highest BCUT2D eigenvalue weighted by molar-refractivity contribution is 6.37. The Hall–Kier alpha value is -3.11. The molecule has 1 aliphatic rings. The van der Waals surface area contributed by atoms with Crippen molar-refractivity contribution in [3.63, 3.8) is 0 Å². The Morgan fingerprint density at radius 2 is 1.83 bits per heavy atom. The summed E-state index contributed by atoms with van der Waals surface area (Å²) < 4.78 is 6.57. The Kier molecular flexibility index (Phi) is 5.12. The first kappa shape index (κ1) is 20.2. The Bertz CT molecular complexity index is 1290. The number of nitrogens with two attached hydrogens (primary N) is 1. The molecule has 0 radical (unpaired) electrons. The van der Waals surface area contributed by atoms with E-state index in [-0.39, 0.29) is 38.8 Å². The molecule has 1 aromatic carbocycles. The highest BCUT2D eigenvalue weighted by Gasteiger charge is 2.31. The number of anilines is 1. The fourth-order valence-corrected chi connectivity index (χ4v) is 3.65. The van der Waals surface area contributed by atoms with Crippen LogP contribution in [-0.4, -0.2) is 25.0 Å². The lowest BCUT2D eigenvalue weighted by Gasteiger charge is -2.13. The molecule has 156 valence electrons. The van der Waals surface area contributed by atoms with E-state index in [1.165, 1.54) is 12.1 Å². The lowest BCUT2D eigenvalue weighted by molar-refractivity contribution is 0.451. The molecule has 1 unspecified atom stereocenters. The number of hydrogen-bond donors (Lipinski definition) is 3. The summed E-state index contributed by atoms with van der Waals surface area (Å²) in [5, 5.41) is 10.2. The molecule has 0 amide bonds. The number of aromatic nitrogens is 5. The monoisotopic (exact) mass is 450 g/mol. The Labute approximate surface area is 178 Å². The zero-order valence-corrected chi connectivity index (χ0v) is 17.1. The van der Waals surface area contributed by atoms with Crippen LogP contribution >= 0.6 is 23.2 Å². The smallest absolute Gasteiger partial charge is 0.349 e. The standard InChI is InChI=1S/C18H16Cl2N6O4/c1-7(8-2-3-8)10-6-13(23-24-16(10)27)30-14-11(19)4-9(5-12(14)20)26-18(29)22-17(28)15(21)25-26/h4-8H,2-3H2,1H3,(H2,21,25)(H,24,27)(H,22,28,29). The van der Waals surface area contributed by atoms with Gasteiger partial charge in [-0.25, -0.2) is 9.89 Å². The summed E-state index contributed by atoms with van der Waals surface area (Å²) in [6.45, 7) is 1.99. The molecule has 1 atom stereocenters. The Morgan fingerprint density at radius 1 is 1.17 bits per heavy atom. The third kappa shape index (κ3) is 3.83. The summed E-state index contributed by atoms with van der Waals surface area (Å²) in [7, 11) is 0. The molecule has 4 rings (SSSR count). The maximum Gasteiger partial charge on any atom is 0.349 e. The molecule has 2 aromatic heterocycles. The number of hydrogen-bond acceptors (Lipinski definition) is 7. The highest BCUT2D eigenvalue weighted by Crippen LogP contribution is 2.42. The van der Waals surface area contributed by atoms with Crippen molar-refractivity contribution in [3.05, 3.63) is 65.0 Å². The average molecular weight is 451 g/mol. The second-order valence-electron chi connectivity index (χ2n) is 7.01. The number of ether oxygens (including phenoxy) is 1. The minimum atomic E-state index is -0.809. The fraction of sp³-hybridized carbons (Fsp3) is 0.278. The zero-order valence-electron chi connectivity index (χ0n) is 15.6. The van der Waals surface area contributed by atoms with Crippen LogP contribution < -0.4 is 27.3 Å². The number of H-pyrrole nitrogens is 2. The maximum atomic E-state index is 12.1. The van der Waals surface area contributed by atoms with Crippen molar-refractivity contribution in [2.24, 2.45) is 5.92 Å². The van der Waals surface area contributed by atoms with Crippen LogP contribution in [0.25, 0.3) is 5.69 Å². The number of halogens is 2. The summed E-state index contributed by atoms with van der Waals surface area (Å²) in [6, 6.07) is 4.31. The quantitative estimate of drug-likeness (QED) is 0.538. The van der Waals surface area contributed by atoms with Crippen molar-refractivity contribution in [1.82, 2.24) is 25.0 Å². The van der Waals surface area contributed by atoms with Crippen LogP contribution in [0.4, 0.5) is 5.82 Å². The van der Waals surface area contributed by atoms with E-state index in [4.69, 9.17) is 33.7 Å². The van der Waals surface area contributed by atoms with Gasteiger partial charge in [0.1, 0.15) is 0 Å². The first-order chi connectivity index (χ1) is 14.2. The molecule has 1 aliphatic carbocycles. The zero-order chi connectivity index (χ0) is 21.6. The summed E-state index contributed by atoms with van der Waals surface area (Å²) in [4.78, 5) is 37.6. The number of nitrogens with zero attached hydrogens (tertiary/aromatic N) is 3. The predicted molar refractivity (Wildman–Crippen MR) is 111 cm³/mol. The summed E-state index contributed by atoms with van der Waals surface area (Å²) >= 11 is 12.6. The molecule has 0 bridgehead atoms. The van der Waals surface area contributed by atoms with Crippen molar-refractivity contribution in [3.8, 4) is 17.3 Å².